The van der Waals surface area contributed by atoms with Crippen molar-refractivity contribution in [1.82, 2.24) is 14.9 Å². The van der Waals surface area contributed by atoms with Crippen LogP contribution in [0.25, 0.3) is 0 Å². The zero-order valence-electron chi connectivity index (χ0n) is 17.8. The molecule has 30 heavy (non-hydrogen) atoms. The first kappa shape index (κ1) is 20.7. The average Bonchev–Trinajstić information content (AvgIpc) is 2.79. The van der Waals surface area contributed by atoms with E-state index in [0.717, 1.165) is 24.1 Å². The fourth-order valence-electron chi connectivity index (χ4n) is 4.99. The van der Waals surface area contributed by atoms with Gasteiger partial charge < -0.3 is 4.90 Å². The second kappa shape index (κ2) is 9.50. The summed E-state index contributed by atoms with van der Waals surface area (Å²) < 4.78 is 0. The van der Waals surface area contributed by atoms with Crippen LogP contribution in [0.4, 0.5) is 0 Å². The molecule has 4 rings (SSSR count). The van der Waals surface area contributed by atoms with Crippen molar-refractivity contribution in [2.75, 3.05) is 13.1 Å². The minimum absolute atomic E-state index is 0.0644. The summed E-state index contributed by atoms with van der Waals surface area (Å²) in [5.41, 5.74) is 3.85. The molecule has 0 unspecified atom stereocenters. The zero-order chi connectivity index (χ0) is 20.9. The summed E-state index contributed by atoms with van der Waals surface area (Å²) in [6.07, 6.45) is 9.50. The van der Waals surface area contributed by atoms with Gasteiger partial charge in [-0.2, -0.15) is 0 Å². The Morgan fingerprint density at radius 3 is 2.63 bits per heavy atom. The molecule has 1 aliphatic carbocycles. The highest BCUT2D eigenvalue weighted by atomic mass is 16.2. The first-order chi connectivity index (χ1) is 14.6. The number of aryl methyl sites for hydroxylation is 1. The molecular weight excluding hydrogens is 374 g/mol. The van der Waals surface area contributed by atoms with Gasteiger partial charge in [0.05, 0.1) is 0 Å². The Hall–Kier alpha value is -2.56. The Morgan fingerprint density at radius 1 is 1.10 bits per heavy atom. The van der Waals surface area contributed by atoms with Crippen LogP contribution in [0.5, 0.6) is 0 Å². The second-order valence-corrected chi connectivity index (χ2v) is 8.80. The standard InChI is InChI=1S/C25H31N3O2/c1-18-23(26-17-27-24(18)25(30)28-14-12-22(29)13-15-28)11-10-19-6-5-9-21(16-19)20-7-3-2-4-8-20/h2-4,7-8,17,19,21H,5-6,9-16H2,1H3/t19-,21-/m1/s1. The number of carbonyl (C=O) groups excluding carboxylic acids is 2. The Balaban J connectivity index is 1.38. The van der Waals surface area contributed by atoms with Gasteiger partial charge in [0.2, 0.25) is 0 Å². The van der Waals surface area contributed by atoms with Gasteiger partial charge in [-0.1, -0.05) is 43.2 Å². The van der Waals surface area contributed by atoms with Gasteiger partial charge in [0.15, 0.2) is 0 Å². The Bertz CT molecular complexity index is 887. The van der Waals surface area contributed by atoms with Crippen LogP contribution in [0.2, 0.25) is 0 Å². The van der Waals surface area contributed by atoms with E-state index in [4.69, 9.17) is 0 Å². The number of amides is 1. The molecule has 1 amide bonds. The normalized spacial score (nSPS) is 22.2. The number of aromatic nitrogens is 2. The van der Waals surface area contributed by atoms with E-state index in [1.54, 1.807) is 4.90 Å². The maximum absolute atomic E-state index is 12.9. The number of carbonyl (C=O) groups is 2. The van der Waals surface area contributed by atoms with Crippen LogP contribution in [-0.4, -0.2) is 39.6 Å². The quantitative estimate of drug-likeness (QED) is 0.735. The zero-order valence-corrected chi connectivity index (χ0v) is 17.8. The molecule has 0 N–H and O–H groups in total. The second-order valence-electron chi connectivity index (χ2n) is 8.80. The molecule has 0 bridgehead atoms. The van der Waals surface area contributed by atoms with Gasteiger partial charge in [0.25, 0.3) is 5.91 Å². The van der Waals surface area contributed by atoms with Gasteiger partial charge in [0, 0.05) is 37.2 Å². The largest absolute Gasteiger partial charge is 0.336 e. The van der Waals surface area contributed by atoms with Crippen LogP contribution in [0.1, 0.15) is 78.2 Å². The number of rotatable bonds is 5. The molecule has 0 radical (unpaired) electrons. The average molecular weight is 406 g/mol. The van der Waals surface area contributed by atoms with Gasteiger partial charge in [-0.25, -0.2) is 9.97 Å². The van der Waals surface area contributed by atoms with Gasteiger partial charge in [-0.05, 0) is 50.0 Å². The van der Waals surface area contributed by atoms with Crippen LogP contribution >= 0.6 is 0 Å². The fraction of sp³-hybridized carbons (Fsp3) is 0.520. The summed E-state index contributed by atoms with van der Waals surface area (Å²) >= 11 is 0. The fourth-order valence-corrected chi connectivity index (χ4v) is 4.99. The topological polar surface area (TPSA) is 63.2 Å². The lowest BCUT2D eigenvalue weighted by Crippen LogP contribution is -2.39. The minimum atomic E-state index is -0.0644. The lowest BCUT2D eigenvalue weighted by atomic mass is 9.76. The SMILES string of the molecule is Cc1c(CC[C@H]2CCC[C@@H](c3ccccc3)C2)ncnc1C(=O)N1CCC(=O)CC1. The van der Waals surface area contributed by atoms with Crippen molar-refractivity contribution >= 4 is 11.7 Å². The molecule has 2 heterocycles. The highest BCUT2D eigenvalue weighted by Crippen LogP contribution is 2.38. The molecule has 1 saturated heterocycles. The van der Waals surface area contributed by atoms with Gasteiger partial charge >= 0.3 is 0 Å². The van der Waals surface area contributed by atoms with Crippen LogP contribution < -0.4 is 0 Å². The lowest BCUT2D eigenvalue weighted by Gasteiger charge is -2.29. The number of Topliss-reactive ketones (excluding diaryl/α,β-unsaturated/α-hetero) is 1. The molecule has 158 valence electrons. The molecule has 1 aromatic carbocycles. The molecule has 2 fully saturated rings. The molecule has 1 saturated carbocycles. The molecule has 5 nitrogen and oxygen atoms in total. The number of hydrogen-bond donors (Lipinski definition) is 0. The number of hydrogen-bond acceptors (Lipinski definition) is 4. The predicted octanol–water partition coefficient (Wildman–Crippen LogP) is 4.50. The number of piperidine rings is 1. The summed E-state index contributed by atoms with van der Waals surface area (Å²) in [5.74, 6) is 1.53. The minimum Gasteiger partial charge on any atom is -0.336 e. The summed E-state index contributed by atoms with van der Waals surface area (Å²) in [4.78, 5) is 34.9. The summed E-state index contributed by atoms with van der Waals surface area (Å²) in [6.45, 7) is 2.96. The van der Waals surface area contributed by atoms with Crippen LogP contribution in [0, 0.1) is 12.8 Å². The summed E-state index contributed by atoms with van der Waals surface area (Å²) in [7, 11) is 0. The number of benzene rings is 1. The number of ketones is 1. The van der Waals surface area contributed by atoms with Crippen molar-refractivity contribution in [2.24, 2.45) is 5.92 Å². The predicted molar refractivity (Wildman–Crippen MR) is 116 cm³/mol. The van der Waals surface area contributed by atoms with E-state index in [0.29, 0.717) is 43.5 Å². The molecule has 0 spiro atoms. The third kappa shape index (κ3) is 4.77. The Morgan fingerprint density at radius 2 is 1.87 bits per heavy atom. The van der Waals surface area contributed by atoms with E-state index in [9.17, 15) is 9.59 Å². The molecular formula is C25H31N3O2. The van der Waals surface area contributed by atoms with E-state index in [2.05, 4.69) is 40.3 Å². The molecule has 1 aromatic heterocycles. The van der Waals surface area contributed by atoms with Gasteiger partial charge in [-0.15, -0.1) is 0 Å². The van der Waals surface area contributed by atoms with Crippen molar-refractivity contribution in [3.8, 4) is 0 Å². The highest BCUT2D eigenvalue weighted by Gasteiger charge is 2.26. The van der Waals surface area contributed by atoms with E-state index in [1.807, 2.05) is 6.92 Å². The van der Waals surface area contributed by atoms with E-state index < -0.39 is 0 Å². The van der Waals surface area contributed by atoms with E-state index >= 15 is 0 Å². The highest BCUT2D eigenvalue weighted by molar-refractivity contribution is 5.95. The number of likely N-dealkylation sites (tertiary alicyclic amines) is 1. The maximum atomic E-state index is 12.9. The number of nitrogens with zero attached hydrogens (tertiary/aromatic N) is 3. The molecule has 2 aromatic rings. The summed E-state index contributed by atoms with van der Waals surface area (Å²) in [5, 5.41) is 0. The third-order valence-electron chi connectivity index (χ3n) is 6.84. The molecule has 2 aliphatic rings. The lowest BCUT2D eigenvalue weighted by molar-refractivity contribution is -0.120. The van der Waals surface area contributed by atoms with Crippen molar-refractivity contribution < 1.29 is 9.59 Å². The molecule has 2 atom stereocenters. The molecule has 1 aliphatic heterocycles. The van der Waals surface area contributed by atoms with Crippen molar-refractivity contribution in [2.45, 2.75) is 64.2 Å². The van der Waals surface area contributed by atoms with Gasteiger partial charge in [-0.3, -0.25) is 9.59 Å². The maximum Gasteiger partial charge on any atom is 0.272 e. The van der Waals surface area contributed by atoms with Crippen molar-refractivity contribution in [1.29, 1.82) is 0 Å². The van der Waals surface area contributed by atoms with Crippen LogP contribution in [-0.2, 0) is 11.2 Å². The van der Waals surface area contributed by atoms with Gasteiger partial charge in [0.1, 0.15) is 17.8 Å². The van der Waals surface area contributed by atoms with E-state index in [1.165, 1.54) is 37.6 Å². The first-order valence-electron chi connectivity index (χ1n) is 11.3. The third-order valence-corrected chi connectivity index (χ3v) is 6.84. The smallest absolute Gasteiger partial charge is 0.272 e. The first-order valence-corrected chi connectivity index (χ1v) is 11.3. The van der Waals surface area contributed by atoms with Crippen LogP contribution in [0.15, 0.2) is 36.7 Å². The van der Waals surface area contributed by atoms with Crippen molar-refractivity contribution in [3.63, 3.8) is 0 Å². The Labute approximate surface area is 178 Å². The Kier molecular flexibility index (Phi) is 6.56. The van der Waals surface area contributed by atoms with E-state index in [-0.39, 0.29) is 11.7 Å². The monoisotopic (exact) mass is 405 g/mol. The van der Waals surface area contributed by atoms with Crippen LogP contribution in [0.3, 0.4) is 0 Å². The van der Waals surface area contributed by atoms with Crippen molar-refractivity contribution in [3.05, 3.63) is 59.2 Å². The molecule has 5 heteroatoms. The summed E-state index contributed by atoms with van der Waals surface area (Å²) in [6, 6.07) is 10.9.